The maximum atomic E-state index is 10.7. The molecule has 1 N–H and O–H groups in total. The van der Waals surface area contributed by atoms with Crippen molar-refractivity contribution in [3.8, 4) is 0 Å². The summed E-state index contributed by atoms with van der Waals surface area (Å²) in [5.74, 6) is 1.37. The zero-order valence-electron chi connectivity index (χ0n) is 7.16. The molecule has 0 aliphatic carbocycles. The lowest BCUT2D eigenvalue weighted by Gasteiger charge is -2.02. The third-order valence-electron chi connectivity index (χ3n) is 1.33. The summed E-state index contributed by atoms with van der Waals surface area (Å²) in [6, 6.07) is 1.78. The summed E-state index contributed by atoms with van der Waals surface area (Å²) in [7, 11) is -0.762. The molecule has 0 saturated heterocycles. The predicted octanol–water partition coefficient (Wildman–Crippen LogP) is 1.03. The molecule has 0 fully saturated rings. The highest BCUT2D eigenvalue weighted by Crippen LogP contribution is 2.08. The van der Waals surface area contributed by atoms with Gasteiger partial charge in [0.15, 0.2) is 0 Å². The van der Waals surface area contributed by atoms with Crippen LogP contribution in [0.25, 0.3) is 0 Å². The van der Waals surface area contributed by atoms with Gasteiger partial charge < -0.3 is 5.32 Å². The third-order valence-corrected chi connectivity index (χ3v) is 2.54. The minimum atomic E-state index is -0.762. The number of anilines is 1. The summed E-state index contributed by atoms with van der Waals surface area (Å²) in [6.45, 7) is 0.659. The average Bonchev–Trinajstić information content (AvgIpc) is 2.03. The van der Waals surface area contributed by atoms with Gasteiger partial charge >= 0.3 is 0 Å². The molecule has 1 rings (SSSR count). The second kappa shape index (κ2) is 5.29. The molecule has 1 heterocycles. The number of nitrogens with zero attached hydrogens (tertiary/aromatic N) is 2. The quantitative estimate of drug-likeness (QED) is 0.825. The molecule has 4 nitrogen and oxygen atoms in total. The van der Waals surface area contributed by atoms with Crippen molar-refractivity contribution < 1.29 is 4.21 Å². The minimum Gasteiger partial charge on any atom is -0.369 e. The second-order valence-electron chi connectivity index (χ2n) is 2.43. The van der Waals surface area contributed by atoms with E-state index in [1.807, 2.05) is 0 Å². The molecule has 1 aromatic heterocycles. The lowest BCUT2D eigenvalue weighted by molar-refractivity contribution is 0.687. The van der Waals surface area contributed by atoms with Crippen LogP contribution in [0.5, 0.6) is 0 Å². The van der Waals surface area contributed by atoms with Crippen LogP contribution in [0.1, 0.15) is 0 Å². The first kappa shape index (κ1) is 10.6. The Morgan fingerprint density at radius 1 is 1.62 bits per heavy atom. The summed E-state index contributed by atoms with van der Waals surface area (Å²) in [6.07, 6.45) is 3.15. The van der Waals surface area contributed by atoms with Gasteiger partial charge in [0.2, 0.25) is 0 Å². The molecule has 0 aliphatic rings. The zero-order valence-corrected chi connectivity index (χ0v) is 9.56. The summed E-state index contributed by atoms with van der Waals surface area (Å²) in [5.41, 5.74) is 0. The third kappa shape index (κ3) is 4.33. The van der Waals surface area contributed by atoms with Gasteiger partial charge in [-0.3, -0.25) is 4.21 Å². The number of aromatic nitrogens is 2. The van der Waals surface area contributed by atoms with Gasteiger partial charge in [-0.2, -0.15) is 0 Å². The van der Waals surface area contributed by atoms with Gasteiger partial charge in [0.1, 0.15) is 16.7 Å². The zero-order chi connectivity index (χ0) is 9.68. The minimum absolute atomic E-state index is 0.627. The molecule has 72 valence electrons. The Morgan fingerprint density at radius 2 is 2.38 bits per heavy atom. The first-order valence-corrected chi connectivity index (χ1v) is 6.22. The van der Waals surface area contributed by atoms with Crippen LogP contribution in [-0.2, 0) is 10.8 Å². The smallest absolute Gasteiger partial charge is 0.130 e. The molecule has 0 amide bonds. The number of halogens is 1. The maximum absolute atomic E-state index is 10.7. The van der Waals surface area contributed by atoms with E-state index in [-0.39, 0.29) is 0 Å². The fraction of sp³-hybridized carbons (Fsp3) is 0.429. The standard InChI is InChI=1S/C7H10BrN3OS/c1-13(12)3-2-9-7-4-6(8)10-5-11-7/h4-5H,2-3H2,1H3,(H,9,10,11). The normalized spacial score (nSPS) is 12.5. The number of rotatable bonds is 4. The molecule has 0 spiro atoms. The topological polar surface area (TPSA) is 54.9 Å². The molecule has 6 heteroatoms. The fourth-order valence-corrected chi connectivity index (χ4v) is 1.45. The van der Waals surface area contributed by atoms with E-state index in [1.165, 1.54) is 6.33 Å². The van der Waals surface area contributed by atoms with Crippen LogP contribution in [0.3, 0.4) is 0 Å². The molecule has 1 aromatic rings. The molecule has 0 radical (unpaired) electrons. The van der Waals surface area contributed by atoms with Crippen molar-refractivity contribution in [3.05, 3.63) is 17.0 Å². The van der Waals surface area contributed by atoms with Gasteiger partial charge in [0.25, 0.3) is 0 Å². The Bertz CT molecular complexity index is 308. The van der Waals surface area contributed by atoms with E-state index in [1.54, 1.807) is 12.3 Å². The van der Waals surface area contributed by atoms with Crippen LogP contribution in [0.15, 0.2) is 17.0 Å². The molecule has 13 heavy (non-hydrogen) atoms. The van der Waals surface area contributed by atoms with Crippen LogP contribution in [-0.4, -0.2) is 32.7 Å². The highest BCUT2D eigenvalue weighted by Gasteiger charge is 1.95. The number of nitrogens with one attached hydrogen (secondary N) is 1. The summed E-state index contributed by atoms with van der Waals surface area (Å²) in [4.78, 5) is 7.87. The highest BCUT2D eigenvalue weighted by atomic mass is 79.9. The number of hydrogen-bond acceptors (Lipinski definition) is 4. The van der Waals surface area contributed by atoms with E-state index in [2.05, 4.69) is 31.2 Å². The maximum Gasteiger partial charge on any atom is 0.130 e. The van der Waals surface area contributed by atoms with Crippen LogP contribution in [0.2, 0.25) is 0 Å². The molecular weight excluding hydrogens is 254 g/mol. The van der Waals surface area contributed by atoms with E-state index in [9.17, 15) is 4.21 Å². The fourth-order valence-electron chi connectivity index (χ4n) is 0.753. The van der Waals surface area contributed by atoms with Crippen LogP contribution in [0.4, 0.5) is 5.82 Å². The number of hydrogen-bond donors (Lipinski definition) is 1. The van der Waals surface area contributed by atoms with Crippen molar-refractivity contribution in [2.75, 3.05) is 23.9 Å². The highest BCUT2D eigenvalue weighted by molar-refractivity contribution is 9.10. The molecular formula is C7H10BrN3OS. The SMILES string of the molecule is CS(=O)CCNc1cc(Br)ncn1. The van der Waals surface area contributed by atoms with Crippen molar-refractivity contribution in [3.63, 3.8) is 0 Å². The van der Waals surface area contributed by atoms with Crippen LogP contribution < -0.4 is 5.32 Å². The van der Waals surface area contributed by atoms with Gasteiger partial charge in [0, 0.05) is 35.4 Å². The Balaban J connectivity index is 2.41. The molecule has 0 aromatic carbocycles. The van der Waals surface area contributed by atoms with Gasteiger partial charge in [-0.15, -0.1) is 0 Å². The lowest BCUT2D eigenvalue weighted by atomic mass is 10.5. The second-order valence-corrected chi connectivity index (χ2v) is 4.80. The first-order chi connectivity index (χ1) is 6.18. The largest absolute Gasteiger partial charge is 0.369 e. The molecule has 0 bridgehead atoms. The van der Waals surface area contributed by atoms with E-state index < -0.39 is 10.8 Å². The Kier molecular flexibility index (Phi) is 4.31. The van der Waals surface area contributed by atoms with Gasteiger partial charge in [-0.25, -0.2) is 9.97 Å². The van der Waals surface area contributed by atoms with Crippen molar-refractivity contribution in [1.29, 1.82) is 0 Å². The monoisotopic (exact) mass is 263 g/mol. The summed E-state index contributed by atoms with van der Waals surface area (Å²) >= 11 is 3.23. The Labute approximate surface area is 87.8 Å². The lowest BCUT2D eigenvalue weighted by Crippen LogP contribution is -2.10. The van der Waals surface area contributed by atoms with E-state index in [0.717, 1.165) is 10.4 Å². The Morgan fingerprint density at radius 3 is 3.00 bits per heavy atom. The Hall–Kier alpha value is -0.490. The molecule has 1 atom stereocenters. The van der Waals surface area contributed by atoms with Gasteiger partial charge in [-0.1, -0.05) is 0 Å². The van der Waals surface area contributed by atoms with E-state index >= 15 is 0 Å². The van der Waals surface area contributed by atoms with Crippen molar-refractivity contribution in [2.24, 2.45) is 0 Å². The average molecular weight is 264 g/mol. The van der Waals surface area contributed by atoms with E-state index in [0.29, 0.717) is 12.3 Å². The van der Waals surface area contributed by atoms with Crippen molar-refractivity contribution >= 4 is 32.5 Å². The predicted molar refractivity (Wildman–Crippen MR) is 57.2 cm³/mol. The van der Waals surface area contributed by atoms with Crippen molar-refractivity contribution in [1.82, 2.24) is 9.97 Å². The van der Waals surface area contributed by atoms with Gasteiger partial charge in [-0.05, 0) is 15.9 Å². The molecule has 0 aliphatic heterocycles. The summed E-state index contributed by atoms with van der Waals surface area (Å²) in [5, 5.41) is 3.04. The molecule has 1 unspecified atom stereocenters. The van der Waals surface area contributed by atoms with Gasteiger partial charge in [0.05, 0.1) is 0 Å². The van der Waals surface area contributed by atoms with Crippen molar-refractivity contribution in [2.45, 2.75) is 0 Å². The van der Waals surface area contributed by atoms with Crippen LogP contribution in [0, 0.1) is 0 Å². The van der Waals surface area contributed by atoms with Crippen LogP contribution >= 0.6 is 15.9 Å². The molecule has 0 saturated carbocycles. The summed E-state index contributed by atoms with van der Waals surface area (Å²) < 4.78 is 11.5. The first-order valence-electron chi connectivity index (χ1n) is 3.70. The van der Waals surface area contributed by atoms with E-state index in [4.69, 9.17) is 0 Å².